The number of carbonyl (C=O) groups excluding carboxylic acids is 1. The van der Waals surface area contributed by atoms with E-state index < -0.39 is 17.8 Å². The van der Waals surface area contributed by atoms with Gasteiger partial charge in [-0.3, -0.25) is 9.89 Å². The molecule has 0 aliphatic heterocycles. The van der Waals surface area contributed by atoms with Crippen LogP contribution in [0.25, 0.3) is 0 Å². The maximum absolute atomic E-state index is 13.0. The Morgan fingerprint density at radius 3 is 2.96 bits per heavy atom. The predicted octanol–water partition coefficient (Wildman–Crippen LogP) is 2.96. The number of aromatic amines is 1. The first-order chi connectivity index (χ1) is 12.4. The molecule has 0 fully saturated rings. The predicted molar refractivity (Wildman–Crippen MR) is 89.2 cm³/mol. The van der Waals surface area contributed by atoms with E-state index in [-0.39, 0.29) is 17.3 Å². The normalized spacial score (nSPS) is 12.0. The topological polar surface area (TPSA) is 106 Å². The number of benzene rings is 1. The molecule has 2 aromatic heterocycles. The van der Waals surface area contributed by atoms with Crippen LogP contribution in [0.15, 0.2) is 28.8 Å². The number of nitrogens with zero attached hydrogens (tertiary/aromatic N) is 3. The van der Waals surface area contributed by atoms with Gasteiger partial charge in [-0.15, -0.1) is 0 Å². The van der Waals surface area contributed by atoms with Gasteiger partial charge in [0.1, 0.15) is 24.0 Å². The third-order valence-electron chi connectivity index (χ3n) is 3.40. The van der Waals surface area contributed by atoms with Crippen molar-refractivity contribution >= 4 is 17.5 Å². The molecule has 1 atom stereocenters. The number of hydrogen-bond donors (Lipinski definition) is 2. The molecular weight excluding hydrogens is 365 g/mol. The van der Waals surface area contributed by atoms with Crippen molar-refractivity contribution in [1.29, 1.82) is 0 Å². The van der Waals surface area contributed by atoms with Crippen LogP contribution < -0.4 is 10.1 Å². The van der Waals surface area contributed by atoms with E-state index in [0.717, 1.165) is 6.07 Å². The van der Waals surface area contributed by atoms with Crippen LogP contribution >= 0.6 is 11.6 Å². The maximum atomic E-state index is 13.0. The van der Waals surface area contributed by atoms with Gasteiger partial charge in [0, 0.05) is 6.07 Å². The lowest BCUT2D eigenvalue weighted by Gasteiger charge is -2.08. The first kappa shape index (κ1) is 17.9. The van der Waals surface area contributed by atoms with E-state index >= 15 is 0 Å². The number of carbonyl (C=O) groups is 1. The van der Waals surface area contributed by atoms with E-state index in [1.165, 1.54) is 18.2 Å². The smallest absolute Gasteiger partial charge is 0.274 e. The monoisotopic (exact) mass is 379 g/mol. The van der Waals surface area contributed by atoms with Crippen LogP contribution in [0.3, 0.4) is 0 Å². The third-order valence-corrected chi connectivity index (χ3v) is 3.70. The number of amides is 1. The van der Waals surface area contributed by atoms with Gasteiger partial charge in [0.25, 0.3) is 5.91 Å². The second-order valence-corrected chi connectivity index (χ2v) is 5.92. The fourth-order valence-corrected chi connectivity index (χ4v) is 2.34. The summed E-state index contributed by atoms with van der Waals surface area (Å²) in [7, 11) is 0. The fraction of sp³-hybridized carbons (Fsp3) is 0.250. The highest BCUT2D eigenvalue weighted by Crippen LogP contribution is 2.25. The minimum absolute atomic E-state index is 0.0126. The van der Waals surface area contributed by atoms with Gasteiger partial charge < -0.3 is 14.6 Å². The summed E-state index contributed by atoms with van der Waals surface area (Å²) in [6, 6.07) is 4.82. The number of nitrogens with one attached hydrogen (secondary N) is 2. The SMILES string of the molecule is Cc1nc([C@@H](C)NC(=O)c2cc(COc3ccc(F)cc3Cl)on2)n[nH]1. The zero-order valence-electron chi connectivity index (χ0n) is 13.9. The van der Waals surface area contributed by atoms with Gasteiger partial charge in [-0.25, -0.2) is 9.37 Å². The van der Waals surface area contributed by atoms with Gasteiger partial charge in [-0.05, 0) is 32.0 Å². The summed E-state index contributed by atoms with van der Waals surface area (Å²) in [4.78, 5) is 16.4. The van der Waals surface area contributed by atoms with Crippen LogP contribution in [0.5, 0.6) is 5.75 Å². The zero-order chi connectivity index (χ0) is 18.7. The van der Waals surface area contributed by atoms with Crippen LogP contribution in [-0.2, 0) is 6.61 Å². The average Bonchev–Trinajstić information content (AvgIpc) is 3.23. The van der Waals surface area contributed by atoms with Crippen LogP contribution in [0.1, 0.15) is 40.9 Å². The molecule has 10 heteroatoms. The van der Waals surface area contributed by atoms with Crippen LogP contribution in [0, 0.1) is 12.7 Å². The van der Waals surface area contributed by atoms with Crippen molar-refractivity contribution in [2.75, 3.05) is 0 Å². The molecule has 136 valence electrons. The molecular formula is C16H15ClFN5O3. The number of ether oxygens (including phenoxy) is 1. The van der Waals surface area contributed by atoms with E-state index in [2.05, 4.69) is 25.7 Å². The first-order valence-corrected chi connectivity index (χ1v) is 8.03. The molecule has 1 aromatic carbocycles. The van der Waals surface area contributed by atoms with Gasteiger partial charge >= 0.3 is 0 Å². The molecule has 0 bridgehead atoms. The van der Waals surface area contributed by atoms with E-state index in [0.29, 0.717) is 23.2 Å². The Bertz CT molecular complexity index is 926. The molecule has 2 N–H and O–H groups in total. The molecule has 2 heterocycles. The number of halogens is 2. The zero-order valence-corrected chi connectivity index (χ0v) is 14.7. The van der Waals surface area contributed by atoms with Crippen molar-refractivity contribution in [2.45, 2.75) is 26.5 Å². The molecule has 1 amide bonds. The Kier molecular flexibility index (Phi) is 5.17. The van der Waals surface area contributed by atoms with Crippen molar-refractivity contribution < 1.29 is 18.4 Å². The molecule has 0 saturated heterocycles. The molecule has 0 unspecified atom stereocenters. The maximum Gasteiger partial charge on any atom is 0.274 e. The minimum Gasteiger partial charge on any atom is -0.484 e. The second kappa shape index (κ2) is 7.52. The molecule has 26 heavy (non-hydrogen) atoms. The molecule has 0 saturated carbocycles. The summed E-state index contributed by atoms with van der Waals surface area (Å²) in [5, 5.41) is 13.3. The van der Waals surface area contributed by atoms with Gasteiger partial charge in [0.05, 0.1) is 11.1 Å². The van der Waals surface area contributed by atoms with Gasteiger partial charge in [-0.2, -0.15) is 5.10 Å². The molecule has 8 nitrogen and oxygen atoms in total. The standard InChI is InChI=1S/C16H15ClFN5O3/c1-8(15-20-9(2)21-22-15)19-16(24)13-6-11(26-23-13)7-25-14-4-3-10(18)5-12(14)17/h3-6,8H,7H2,1-2H3,(H,19,24)(H,20,21,22)/t8-/m1/s1. The summed E-state index contributed by atoms with van der Waals surface area (Å²) in [5.74, 6) is 0.836. The van der Waals surface area contributed by atoms with E-state index in [9.17, 15) is 9.18 Å². The number of hydrogen-bond acceptors (Lipinski definition) is 6. The second-order valence-electron chi connectivity index (χ2n) is 5.52. The Morgan fingerprint density at radius 1 is 1.46 bits per heavy atom. The third kappa shape index (κ3) is 4.17. The lowest BCUT2D eigenvalue weighted by Crippen LogP contribution is -2.27. The molecule has 0 aliphatic rings. The van der Waals surface area contributed by atoms with E-state index in [1.807, 2.05) is 0 Å². The highest BCUT2D eigenvalue weighted by Gasteiger charge is 2.18. The Hall–Kier alpha value is -2.94. The molecule has 3 aromatic rings. The summed E-state index contributed by atoms with van der Waals surface area (Å²) >= 11 is 5.88. The summed E-state index contributed by atoms with van der Waals surface area (Å²) in [6.45, 7) is 3.50. The van der Waals surface area contributed by atoms with Crippen LogP contribution in [-0.4, -0.2) is 26.2 Å². The molecule has 0 spiro atoms. The van der Waals surface area contributed by atoms with Crippen molar-refractivity contribution in [3.8, 4) is 5.75 Å². The Labute approximate surface area is 152 Å². The molecule has 3 rings (SSSR count). The van der Waals surface area contributed by atoms with Gasteiger partial charge in [0.15, 0.2) is 17.3 Å². The average molecular weight is 380 g/mol. The van der Waals surface area contributed by atoms with Crippen molar-refractivity contribution in [2.24, 2.45) is 0 Å². The number of aryl methyl sites for hydroxylation is 1. The first-order valence-electron chi connectivity index (χ1n) is 7.65. The summed E-state index contributed by atoms with van der Waals surface area (Å²) < 4.78 is 23.5. The van der Waals surface area contributed by atoms with Gasteiger partial charge in [-0.1, -0.05) is 16.8 Å². The summed E-state index contributed by atoms with van der Waals surface area (Å²) in [6.07, 6.45) is 0. The number of H-pyrrole nitrogens is 1. The number of aromatic nitrogens is 4. The highest BCUT2D eigenvalue weighted by atomic mass is 35.5. The molecule has 0 radical (unpaired) electrons. The largest absolute Gasteiger partial charge is 0.484 e. The Morgan fingerprint density at radius 2 is 2.27 bits per heavy atom. The fourth-order valence-electron chi connectivity index (χ4n) is 2.12. The van der Waals surface area contributed by atoms with Crippen molar-refractivity contribution in [1.82, 2.24) is 25.7 Å². The quantitative estimate of drug-likeness (QED) is 0.682. The number of rotatable bonds is 6. The van der Waals surface area contributed by atoms with Gasteiger partial charge in [0.2, 0.25) is 0 Å². The minimum atomic E-state index is -0.461. The van der Waals surface area contributed by atoms with Crippen LogP contribution in [0.4, 0.5) is 4.39 Å². The van der Waals surface area contributed by atoms with Crippen LogP contribution in [0.2, 0.25) is 5.02 Å². The Balaban J connectivity index is 1.59. The van der Waals surface area contributed by atoms with E-state index in [1.54, 1.807) is 13.8 Å². The van der Waals surface area contributed by atoms with Crippen molar-refractivity contribution in [3.63, 3.8) is 0 Å². The summed E-state index contributed by atoms with van der Waals surface area (Å²) in [5.41, 5.74) is 0.0907. The van der Waals surface area contributed by atoms with Crippen molar-refractivity contribution in [3.05, 3.63) is 58.2 Å². The van der Waals surface area contributed by atoms with E-state index in [4.69, 9.17) is 20.9 Å². The lowest BCUT2D eigenvalue weighted by atomic mass is 10.3. The lowest BCUT2D eigenvalue weighted by molar-refractivity contribution is 0.0929. The molecule has 0 aliphatic carbocycles. The highest BCUT2D eigenvalue weighted by molar-refractivity contribution is 6.32.